The zero-order chi connectivity index (χ0) is 52.1. The number of benzene rings is 1. The molecule has 0 bridgehead atoms. The molecular formula is C38H50F17N3O8S. The number of carboxylic acids is 1. The lowest BCUT2D eigenvalue weighted by Gasteiger charge is -2.42. The number of carboxylic acid groups (broad SMARTS) is 1. The summed E-state index contributed by atoms with van der Waals surface area (Å²) in [6.07, 6.45) is 0.649. The van der Waals surface area contributed by atoms with E-state index in [1.165, 1.54) is 19.1 Å². The first-order valence-corrected chi connectivity index (χ1v) is 21.8. The molecule has 1 rings (SSSR count). The average molecular weight is 1030 g/mol. The van der Waals surface area contributed by atoms with Crippen molar-refractivity contribution in [2.45, 2.75) is 163 Å². The molecule has 1 aromatic carbocycles. The maximum Gasteiger partial charge on any atom is 0.460 e. The number of halogens is 17. The van der Waals surface area contributed by atoms with E-state index in [0.717, 1.165) is 76.7 Å². The molecule has 3 N–H and O–H groups in total. The van der Waals surface area contributed by atoms with Crippen LogP contribution < -0.4 is 10.6 Å². The fraction of sp³-hybridized carbons (Fsp3) is 0.763. The first-order chi connectivity index (χ1) is 30.4. The first kappa shape index (κ1) is 61.0. The quantitative estimate of drug-likeness (QED) is 0.0509. The number of sulfonamides is 1. The van der Waals surface area contributed by atoms with E-state index in [2.05, 4.69) is 15.4 Å². The molecule has 1 aromatic rings. The molecule has 0 heterocycles. The fourth-order valence-electron chi connectivity index (χ4n) is 5.94. The minimum atomic E-state index is -8.98. The molecule has 0 saturated heterocycles. The van der Waals surface area contributed by atoms with Crippen LogP contribution in [0.3, 0.4) is 0 Å². The van der Waals surface area contributed by atoms with Crippen LogP contribution in [0.5, 0.6) is 0 Å². The summed E-state index contributed by atoms with van der Waals surface area (Å²) in [4.78, 5) is 35.9. The molecule has 390 valence electrons. The molecule has 0 fully saturated rings. The van der Waals surface area contributed by atoms with Crippen LogP contribution in [0.1, 0.15) is 109 Å². The third-order valence-corrected chi connectivity index (χ3v) is 12.0. The molecule has 0 spiro atoms. The minimum Gasteiger partial charge on any atom is -0.481 e. The molecule has 0 radical (unpaired) electrons. The van der Waals surface area contributed by atoms with Gasteiger partial charge in [-0.25, -0.2) is 18.0 Å². The van der Waals surface area contributed by atoms with Crippen LogP contribution >= 0.6 is 0 Å². The summed E-state index contributed by atoms with van der Waals surface area (Å²) in [6.45, 7) is 0.159. The van der Waals surface area contributed by atoms with Crippen molar-refractivity contribution in [1.29, 1.82) is 0 Å². The van der Waals surface area contributed by atoms with Crippen LogP contribution in [0.15, 0.2) is 18.2 Å². The molecular weight excluding hydrogens is 981 g/mol. The third kappa shape index (κ3) is 14.5. The second kappa shape index (κ2) is 24.0. The van der Waals surface area contributed by atoms with Gasteiger partial charge in [0.25, 0.3) is 10.0 Å². The van der Waals surface area contributed by atoms with Gasteiger partial charge in [0.1, 0.15) is 12.7 Å². The zero-order valence-electron chi connectivity index (χ0n) is 35.9. The van der Waals surface area contributed by atoms with Gasteiger partial charge in [-0.1, -0.05) is 70.8 Å². The molecule has 1 atom stereocenters. The van der Waals surface area contributed by atoms with E-state index in [1.807, 2.05) is 6.92 Å². The molecule has 67 heavy (non-hydrogen) atoms. The van der Waals surface area contributed by atoms with E-state index in [-0.39, 0.29) is 30.4 Å². The second-order valence-corrected chi connectivity index (χ2v) is 17.4. The highest BCUT2D eigenvalue weighted by atomic mass is 32.2. The number of amides is 2. The van der Waals surface area contributed by atoms with Gasteiger partial charge in [0.15, 0.2) is 0 Å². The minimum absolute atomic E-state index is 0.0194. The number of aliphatic carboxylic acids is 1. The number of carbonyl (C=O) groups is 3. The van der Waals surface area contributed by atoms with Crippen LogP contribution in [0.4, 0.5) is 95.6 Å². The number of anilines is 2. The number of rotatable bonds is 30. The first-order valence-electron chi connectivity index (χ1n) is 20.3. The van der Waals surface area contributed by atoms with Crippen LogP contribution in [-0.2, 0) is 24.3 Å². The normalized spacial score (nSPS) is 14.2. The second-order valence-electron chi connectivity index (χ2n) is 15.3. The summed E-state index contributed by atoms with van der Waals surface area (Å²) in [7, 11) is -7.77. The van der Waals surface area contributed by atoms with E-state index in [0.29, 0.717) is 19.3 Å². The van der Waals surface area contributed by atoms with Crippen molar-refractivity contribution in [2.75, 3.05) is 30.8 Å². The van der Waals surface area contributed by atoms with Gasteiger partial charge in [-0.2, -0.15) is 78.9 Å². The van der Waals surface area contributed by atoms with Gasteiger partial charge >= 0.3 is 65.1 Å². The van der Waals surface area contributed by atoms with Gasteiger partial charge in [-0.15, -0.1) is 0 Å². The Hall–Kier alpha value is -4.05. The number of nitrogens with one attached hydrogen (secondary N) is 2. The number of carbonyl (C=O) groups excluding carboxylic acids is 2. The molecule has 0 aliphatic heterocycles. The molecule has 0 aliphatic carbocycles. The Labute approximate surface area is 373 Å². The van der Waals surface area contributed by atoms with Gasteiger partial charge < -0.3 is 14.6 Å². The average Bonchev–Trinajstić information content (AvgIpc) is 3.20. The summed E-state index contributed by atoms with van der Waals surface area (Å²) >= 11 is 0. The number of aryl methyl sites for hydroxylation is 1. The van der Waals surface area contributed by atoms with E-state index in [1.54, 1.807) is 0 Å². The number of ether oxygens (including phenoxy) is 2. The highest BCUT2D eigenvalue weighted by molar-refractivity contribution is 7.90. The third-order valence-electron chi connectivity index (χ3n) is 10.1. The number of unbranched alkanes of at least 4 members (excludes halogenated alkanes) is 10. The molecule has 0 saturated carbocycles. The van der Waals surface area contributed by atoms with Crippen molar-refractivity contribution in [2.24, 2.45) is 0 Å². The summed E-state index contributed by atoms with van der Waals surface area (Å²) in [5, 5.41) is 5.46. The number of alkyl halides is 17. The van der Waals surface area contributed by atoms with Crippen molar-refractivity contribution >= 4 is 39.6 Å². The van der Waals surface area contributed by atoms with Gasteiger partial charge in [0, 0.05) is 31.4 Å². The van der Waals surface area contributed by atoms with Crippen molar-refractivity contribution in [1.82, 2.24) is 4.31 Å². The van der Waals surface area contributed by atoms with Gasteiger partial charge in [0.05, 0.1) is 0 Å². The van der Waals surface area contributed by atoms with Crippen LogP contribution in [0, 0.1) is 6.92 Å². The predicted molar refractivity (Wildman–Crippen MR) is 205 cm³/mol. The van der Waals surface area contributed by atoms with Crippen LogP contribution in [-0.4, -0.2) is 109 Å². The van der Waals surface area contributed by atoms with Gasteiger partial charge in [-0.3, -0.25) is 15.4 Å². The fourth-order valence-corrected chi connectivity index (χ4v) is 7.10. The lowest BCUT2D eigenvalue weighted by molar-refractivity contribution is -0.458. The molecule has 0 aromatic heterocycles. The Bertz CT molecular complexity index is 1890. The van der Waals surface area contributed by atoms with Gasteiger partial charge in [-0.05, 0) is 56.7 Å². The highest BCUT2D eigenvalue weighted by Gasteiger charge is 2.96. The standard InChI is InChI=1S/C38H50F17N3O8S/c1-4-5-6-13-16-26(17-14-11-9-7-8-10-12-15-18-28(59)60)66-30(62)56-25-20-19-24(2)27(23-25)57-29(61)65-22-21-58(3)67(63,64)38(54,55)36(49,50)34(45,46)32(41,42)31(39,40)33(43,44)35(47,48)37(51,52)53/h19-20,23,26H,4-18,21-22H2,1-3H3,(H,56,62)(H,57,61)(H,59,60). The van der Waals surface area contributed by atoms with Crippen molar-refractivity contribution < 1.29 is 112 Å². The Balaban J connectivity index is 2.99. The summed E-state index contributed by atoms with van der Waals surface area (Å²) in [6, 6.07) is 3.86. The number of nitrogens with zero attached hydrogens (tertiary/aromatic N) is 1. The lowest BCUT2D eigenvalue weighted by Crippen LogP contribution is -2.75. The van der Waals surface area contributed by atoms with E-state index >= 15 is 0 Å². The summed E-state index contributed by atoms with van der Waals surface area (Å²) in [5.74, 6) is -53.2. The van der Waals surface area contributed by atoms with Crippen LogP contribution in [0.2, 0.25) is 0 Å². The smallest absolute Gasteiger partial charge is 0.460 e. The van der Waals surface area contributed by atoms with Crippen molar-refractivity contribution in [3.63, 3.8) is 0 Å². The van der Waals surface area contributed by atoms with E-state index in [9.17, 15) is 97.4 Å². The Morgan fingerprint density at radius 1 is 0.642 bits per heavy atom. The summed E-state index contributed by atoms with van der Waals surface area (Å²) in [5.41, 5.74) is 0.118. The van der Waals surface area contributed by atoms with Crippen LogP contribution in [0.25, 0.3) is 0 Å². The SMILES string of the molecule is CCCCCCC(CCCCCCCCCCC(=O)O)OC(=O)Nc1ccc(C)c(NC(=O)OCCN(C)S(=O)(=O)C(F)(F)C(F)(F)C(F)(F)C(F)(F)C(F)(F)C(F)(F)C(F)(F)C(F)(F)F)c1. The maximum atomic E-state index is 14.6. The predicted octanol–water partition coefficient (Wildman–Crippen LogP) is 12.6. The van der Waals surface area contributed by atoms with Crippen molar-refractivity contribution in [3.8, 4) is 0 Å². The Kier molecular flexibility index (Phi) is 21.8. The highest BCUT2D eigenvalue weighted by Crippen LogP contribution is 2.64. The lowest BCUT2D eigenvalue weighted by atomic mass is 9.91. The van der Waals surface area contributed by atoms with Gasteiger partial charge in [0.2, 0.25) is 0 Å². The number of hydrogen-bond acceptors (Lipinski definition) is 7. The Morgan fingerprint density at radius 3 is 1.57 bits per heavy atom. The maximum absolute atomic E-state index is 14.6. The van der Waals surface area contributed by atoms with E-state index in [4.69, 9.17) is 9.84 Å². The summed E-state index contributed by atoms with van der Waals surface area (Å²) < 4.78 is 266. The topological polar surface area (TPSA) is 151 Å². The van der Waals surface area contributed by atoms with E-state index < -0.39 is 98.7 Å². The monoisotopic (exact) mass is 1030 g/mol. The zero-order valence-corrected chi connectivity index (χ0v) is 36.7. The molecule has 2 amide bonds. The largest absolute Gasteiger partial charge is 0.481 e. The molecule has 1 unspecified atom stereocenters. The van der Waals surface area contributed by atoms with Crippen molar-refractivity contribution in [3.05, 3.63) is 23.8 Å². The molecule has 29 heteroatoms. The molecule has 11 nitrogen and oxygen atoms in total. The molecule has 0 aliphatic rings. The number of likely N-dealkylation sites (N-methyl/N-ethyl adjacent to an activating group) is 1. The Morgan fingerprint density at radius 2 is 1.09 bits per heavy atom. The number of hydrogen-bond donors (Lipinski definition) is 3.